The summed E-state index contributed by atoms with van der Waals surface area (Å²) in [5, 5.41) is 12.2. The number of ketones is 1. The number of hydrogen-bond acceptors (Lipinski definition) is 4. The highest BCUT2D eigenvalue weighted by Gasteiger charge is 2.78. The molecule has 1 N–H and O–H groups in total. The molecule has 4 saturated carbocycles. The number of Topliss-reactive ketones (excluding diaryl/α,β-unsaturated/α-hetero) is 1. The Labute approximate surface area is 155 Å². The second-order valence-electron chi connectivity index (χ2n) is 9.89. The summed E-state index contributed by atoms with van der Waals surface area (Å²) in [5.41, 5.74) is -0.183. The molecule has 3 bridgehead atoms. The topological polar surface area (TPSA) is 49.8 Å². The highest BCUT2D eigenvalue weighted by atomic mass is 16.5. The number of carbonyl (C=O) groups is 1. The summed E-state index contributed by atoms with van der Waals surface area (Å²) in [5.74, 6) is 2.07. The fourth-order valence-electron chi connectivity index (χ4n) is 7.85. The first-order chi connectivity index (χ1) is 12.5. The molecule has 4 heteroatoms. The van der Waals surface area contributed by atoms with E-state index in [2.05, 4.69) is 11.0 Å². The molecule has 6 rings (SSSR count). The maximum Gasteiger partial charge on any atom is 0.208 e. The summed E-state index contributed by atoms with van der Waals surface area (Å²) in [6.07, 6.45) is 12.5. The zero-order valence-electron chi connectivity index (χ0n) is 15.7. The Kier molecular flexibility index (Phi) is 2.95. The monoisotopic (exact) mass is 355 g/mol. The number of methoxy groups -OCH3 is 1. The van der Waals surface area contributed by atoms with Gasteiger partial charge in [0, 0.05) is 18.0 Å². The molecule has 0 aromatic carbocycles. The third-order valence-corrected chi connectivity index (χ3v) is 9.05. The van der Waals surface area contributed by atoms with E-state index in [1.54, 1.807) is 7.11 Å². The second-order valence-corrected chi connectivity index (χ2v) is 9.89. The first kappa shape index (κ1) is 15.9. The predicted octanol–water partition coefficient (Wildman–Crippen LogP) is 2.82. The number of aliphatic hydroxyl groups is 1. The summed E-state index contributed by atoms with van der Waals surface area (Å²) in [7, 11) is 1.61. The van der Waals surface area contributed by atoms with Crippen molar-refractivity contribution in [2.45, 2.75) is 63.0 Å². The quantitative estimate of drug-likeness (QED) is 0.846. The van der Waals surface area contributed by atoms with Crippen LogP contribution < -0.4 is 0 Å². The van der Waals surface area contributed by atoms with E-state index < -0.39 is 11.0 Å². The highest BCUT2D eigenvalue weighted by molar-refractivity contribution is 6.03. The molecule has 26 heavy (non-hydrogen) atoms. The Morgan fingerprint density at radius 3 is 2.85 bits per heavy atom. The van der Waals surface area contributed by atoms with Crippen LogP contribution in [0.15, 0.2) is 23.5 Å². The van der Waals surface area contributed by atoms with E-state index in [9.17, 15) is 9.90 Å². The van der Waals surface area contributed by atoms with E-state index in [1.165, 1.54) is 18.4 Å². The smallest absolute Gasteiger partial charge is 0.208 e. The van der Waals surface area contributed by atoms with Crippen molar-refractivity contribution in [3.05, 3.63) is 23.5 Å². The molecular weight excluding hydrogens is 326 g/mol. The molecule has 1 unspecified atom stereocenters. The maximum absolute atomic E-state index is 13.7. The van der Waals surface area contributed by atoms with Gasteiger partial charge in [-0.3, -0.25) is 9.69 Å². The number of carbonyl (C=O) groups excluding carboxylic acids is 1. The summed E-state index contributed by atoms with van der Waals surface area (Å²) in [6.45, 7) is 2.18. The number of rotatable bonds is 3. The summed E-state index contributed by atoms with van der Waals surface area (Å²) in [4.78, 5) is 16.3. The molecule has 5 fully saturated rings. The summed E-state index contributed by atoms with van der Waals surface area (Å²) in [6, 6.07) is 0.195. The lowest BCUT2D eigenvalue weighted by Gasteiger charge is -2.68. The number of hydrogen-bond donors (Lipinski definition) is 1. The molecule has 6 aliphatic rings. The minimum Gasteiger partial charge on any atom is -0.493 e. The fourth-order valence-corrected chi connectivity index (χ4v) is 7.85. The molecule has 1 saturated heterocycles. The number of fused-ring (bicyclic) bond motifs is 1. The van der Waals surface area contributed by atoms with Gasteiger partial charge in [-0.25, -0.2) is 0 Å². The third kappa shape index (κ3) is 1.59. The number of piperidine rings is 1. The van der Waals surface area contributed by atoms with Crippen molar-refractivity contribution in [1.82, 2.24) is 4.90 Å². The Morgan fingerprint density at radius 2 is 2.08 bits per heavy atom. The molecule has 1 heterocycles. The third-order valence-electron chi connectivity index (χ3n) is 9.05. The van der Waals surface area contributed by atoms with Crippen LogP contribution in [0.5, 0.6) is 0 Å². The van der Waals surface area contributed by atoms with Crippen molar-refractivity contribution in [1.29, 1.82) is 0 Å². The lowest BCUT2D eigenvalue weighted by molar-refractivity contribution is -0.231. The van der Waals surface area contributed by atoms with Gasteiger partial charge in [0.15, 0.2) is 5.76 Å². The van der Waals surface area contributed by atoms with Crippen molar-refractivity contribution in [3.63, 3.8) is 0 Å². The van der Waals surface area contributed by atoms with Crippen LogP contribution in [-0.4, -0.2) is 47.6 Å². The Bertz CT molecular complexity index is 752. The van der Waals surface area contributed by atoms with Gasteiger partial charge in [0.25, 0.3) is 0 Å². The van der Waals surface area contributed by atoms with Gasteiger partial charge in [0.2, 0.25) is 5.78 Å². The van der Waals surface area contributed by atoms with Gasteiger partial charge in [0.05, 0.1) is 18.1 Å². The van der Waals surface area contributed by atoms with E-state index >= 15 is 0 Å². The largest absolute Gasteiger partial charge is 0.493 e. The van der Waals surface area contributed by atoms with Crippen molar-refractivity contribution in [2.24, 2.45) is 22.7 Å². The van der Waals surface area contributed by atoms with Gasteiger partial charge in [-0.05, 0) is 75.8 Å². The zero-order chi connectivity index (χ0) is 17.7. The van der Waals surface area contributed by atoms with Crippen LogP contribution in [0.2, 0.25) is 0 Å². The number of ether oxygens (including phenoxy) is 1. The van der Waals surface area contributed by atoms with Crippen LogP contribution in [0.4, 0.5) is 0 Å². The van der Waals surface area contributed by atoms with Crippen LogP contribution in [0.3, 0.4) is 0 Å². The van der Waals surface area contributed by atoms with Crippen molar-refractivity contribution >= 4 is 5.78 Å². The van der Waals surface area contributed by atoms with Gasteiger partial charge in [-0.1, -0.05) is 11.6 Å². The average molecular weight is 355 g/mol. The fraction of sp³-hybridized carbons (Fsp3) is 0.773. The van der Waals surface area contributed by atoms with E-state index in [0.717, 1.165) is 57.5 Å². The molecule has 5 aliphatic carbocycles. The molecule has 0 amide bonds. The van der Waals surface area contributed by atoms with E-state index in [-0.39, 0.29) is 17.2 Å². The van der Waals surface area contributed by atoms with E-state index in [4.69, 9.17) is 4.74 Å². The minimum atomic E-state index is -0.712. The van der Waals surface area contributed by atoms with Crippen LogP contribution in [0.1, 0.15) is 51.4 Å². The Hall–Kier alpha value is -1.13. The first-order valence-electron chi connectivity index (χ1n) is 10.5. The SMILES string of the molecule is COC1=CC=C2C[C@H]3N(CC4CC4)CC[C@]45C[C@H](CC[C@@]34O)CC25C1=O. The molecule has 4 nitrogen and oxygen atoms in total. The van der Waals surface area contributed by atoms with Crippen LogP contribution in [0.25, 0.3) is 0 Å². The number of nitrogens with zero attached hydrogens (tertiary/aromatic N) is 1. The van der Waals surface area contributed by atoms with Gasteiger partial charge < -0.3 is 9.84 Å². The van der Waals surface area contributed by atoms with Gasteiger partial charge in [-0.2, -0.15) is 0 Å². The van der Waals surface area contributed by atoms with Crippen molar-refractivity contribution < 1.29 is 14.6 Å². The zero-order valence-corrected chi connectivity index (χ0v) is 15.7. The highest BCUT2D eigenvalue weighted by Crippen LogP contribution is 2.76. The van der Waals surface area contributed by atoms with Gasteiger partial charge in [-0.15, -0.1) is 0 Å². The van der Waals surface area contributed by atoms with Crippen molar-refractivity contribution in [3.8, 4) is 0 Å². The molecule has 140 valence electrons. The standard InChI is InChI=1S/C22H29NO3/c1-26-17-5-4-16-10-18-22(25)7-6-15-11-20(22,21(16,12-15)19(17)24)8-9-23(18)13-14-2-3-14/h4-5,14-15,18,25H,2-3,6-13H2,1H3/t15-,18+,20+,21?,22+/m0/s1. The predicted molar refractivity (Wildman–Crippen MR) is 97.3 cm³/mol. The van der Waals surface area contributed by atoms with Crippen LogP contribution in [-0.2, 0) is 9.53 Å². The van der Waals surface area contributed by atoms with E-state index in [0.29, 0.717) is 11.7 Å². The molecule has 2 spiro atoms. The molecule has 5 atom stereocenters. The lowest BCUT2D eigenvalue weighted by Crippen LogP contribution is -2.75. The van der Waals surface area contributed by atoms with E-state index in [1.807, 2.05) is 6.08 Å². The Balaban J connectivity index is 1.53. The lowest BCUT2D eigenvalue weighted by atomic mass is 9.42. The first-order valence-corrected chi connectivity index (χ1v) is 10.5. The molecule has 1 aliphatic heterocycles. The van der Waals surface area contributed by atoms with Gasteiger partial charge in [0.1, 0.15) is 0 Å². The molecule has 0 aromatic heterocycles. The van der Waals surface area contributed by atoms with Crippen LogP contribution in [0, 0.1) is 22.7 Å². The summed E-state index contributed by atoms with van der Waals surface area (Å²) < 4.78 is 5.47. The summed E-state index contributed by atoms with van der Waals surface area (Å²) >= 11 is 0. The maximum atomic E-state index is 13.7. The molecular formula is C22H29NO3. The second kappa shape index (κ2) is 4.82. The van der Waals surface area contributed by atoms with Gasteiger partial charge >= 0.3 is 0 Å². The Morgan fingerprint density at radius 1 is 1.23 bits per heavy atom. The number of likely N-dealkylation sites (tertiary alicyclic amines) is 1. The van der Waals surface area contributed by atoms with Crippen LogP contribution >= 0.6 is 0 Å². The number of allylic oxidation sites excluding steroid dienone is 3. The minimum absolute atomic E-state index is 0.161. The van der Waals surface area contributed by atoms with Crippen molar-refractivity contribution in [2.75, 3.05) is 20.2 Å². The molecule has 0 radical (unpaired) electrons. The average Bonchev–Trinajstić information content (AvgIpc) is 3.38. The molecule has 0 aromatic rings. The normalized spacial score (nSPS) is 49.4.